The van der Waals surface area contributed by atoms with Crippen molar-refractivity contribution in [3.05, 3.63) is 38.8 Å². The van der Waals surface area contributed by atoms with E-state index < -0.39 is 0 Å². The quantitative estimate of drug-likeness (QED) is 0.840. The van der Waals surface area contributed by atoms with Gasteiger partial charge in [-0.15, -0.1) is 11.3 Å². The van der Waals surface area contributed by atoms with E-state index in [9.17, 15) is 4.79 Å². The maximum absolute atomic E-state index is 12.8. The Hall–Kier alpha value is -1.86. The molecule has 0 radical (unpaired) electrons. The molecule has 1 aliphatic heterocycles. The summed E-state index contributed by atoms with van der Waals surface area (Å²) in [5, 5.41) is 9.81. The summed E-state index contributed by atoms with van der Waals surface area (Å²) >= 11 is 1.80. The molecule has 0 fully saturated rings. The number of rotatable bonds is 6. The average Bonchev–Trinajstić information content (AvgIpc) is 3.22. The van der Waals surface area contributed by atoms with Gasteiger partial charge in [-0.2, -0.15) is 5.10 Å². The van der Waals surface area contributed by atoms with Gasteiger partial charge < -0.3 is 15.0 Å². The van der Waals surface area contributed by atoms with Crippen molar-refractivity contribution < 1.29 is 9.53 Å². The van der Waals surface area contributed by atoms with E-state index in [-0.39, 0.29) is 12.1 Å². The highest BCUT2D eigenvalue weighted by molar-refractivity contribution is 7.10. The first-order valence-electron chi connectivity index (χ1n) is 9.19. The van der Waals surface area contributed by atoms with E-state index in [0.29, 0.717) is 13.2 Å². The van der Waals surface area contributed by atoms with Crippen LogP contribution in [0.1, 0.15) is 46.8 Å². The van der Waals surface area contributed by atoms with Gasteiger partial charge in [0.1, 0.15) is 0 Å². The molecular weight excluding hydrogens is 348 g/mol. The lowest BCUT2D eigenvalue weighted by molar-refractivity contribution is 0.167. The van der Waals surface area contributed by atoms with Gasteiger partial charge in [-0.25, -0.2) is 4.79 Å². The third kappa shape index (κ3) is 3.64. The van der Waals surface area contributed by atoms with Crippen LogP contribution in [-0.2, 0) is 24.2 Å². The lowest BCUT2D eigenvalue weighted by Crippen LogP contribution is -2.45. The molecule has 3 heterocycles. The van der Waals surface area contributed by atoms with E-state index in [0.717, 1.165) is 42.9 Å². The molecule has 0 spiro atoms. The van der Waals surface area contributed by atoms with E-state index in [4.69, 9.17) is 4.74 Å². The number of thiophene rings is 1. The molecule has 0 aromatic carbocycles. The van der Waals surface area contributed by atoms with Gasteiger partial charge in [0.25, 0.3) is 0 Å². The minimum atomic E-state index is 0.0112. The van der Waals surface area contributed by atoms with Crippen LogP contribution in [-0.4, -0.2) is 41.0 Å². The molecule has 2 amide bonds. The predicted octanol–water partition coefficient (Wildman–Crippen LogP) is 3.43. The summed E-state index contributed by atoms with van der Waals surface area (Å²) in [6, 6.07) is 2.36. The Morgan fingerprint density at radius 3 is 3.00 bits per heavy atom. The number of amides is 2. The van der Waals surface area contributed by atoms with Crippen molar-refractivity contribution >= 4 is 17.4 Å². The maximum atomic E-state index is 12.8. The van der Waals surface area contributed by atoms with Crippen LogP contribution in [0.5, 0.6) is 0 Å². The summed E-state index contributed by atoms with van der Waals surface area (Å²) in [4.78, 5) is 16.2. The molecule has 2 aromatic rings. The number of ether oxygens (including phenoxy) is 1. The first kappa shape index (κ1) is 18.9. The van der Waals surface area contributed by atoms with Crippen molar-refractivity contribution in [2.24, 2.45) is 0 Å². The van der Waals surface area contributed by atoms with E-state index >= 15 is 0 Å². The Labute approximate surface area is 159 Å². The van der Waals surface area contributed by atoms with Gasteiger partial charge in [-0.3, -0.25) is 4.68 Å². The summed E-state index contributed by atoms with van der Waals surface area (Å²) in [5.74, 6) is 0. The molecule has 0 saturated heterocycles. The first-order valence-corrected chi connectivity index (χ1v) is 10.1. The summed E-state index contributed by atoms with van der Waals surface area (Å²) in [7, 11) is 1.69. The smallest absolute Gasteiger partial charge is 0.318 e. The second-order valence-electron chi connectivity index (χ2n) is 6.69. The molecule has 0 aliphatic carbocycles. The number of carbonyl (C=O) groups excluding carboxylic acids is 1. The fraction of sp³-hybridized carbons (Fsp3) is 0.579. The minimum absolute atomic E-state index is 0.0112. The van der Waals surface area contributed by atoms with Crippen LogP contribution in [0.15, 0.2) is 11.4 Å². The molecule has 2 aromatic heterocycles. The molecular formula is C19H28N4O2S. The Kier molecular flexibility index (Phi) is 5.98. The largest absolute Gasteiger partial charge is 0.383 e. The second kappa shape index (κ2) is 8.22. The number of nitrogens with zero attached hydrogens (tertiary/aromatic N) is 3. The van der Waals surface area contributed by atoms with E-state index in [2.05, 4.69) is 28.8 Å². The highest BCUT2D eigenvalue weighted by atomic mass is 32.1. The topological polar surface area (TPSA) is 59.4 Å². The van der Waals surface area contributed by atoms with Gasteiger partial charge in [0.05, 0.1) is 24.9 Å². The van der Waals surface area contributed by atoms with Gasteiger partial charge in [0.15, 0.2) is 0 Å². The number of aryl methyl sites for hydroxylation is 1. The summed E-state index contributed by atoms with van der Waals surface area (Å²) in [6.07, 6.45) is 1.88. The number of aromatic nitrogens is 2. The number of carbonyl (C=O) groups is 1. The van der Waals surface area contributed by atoms with E-state index in [1.165, 1.54) is 10.4 Å². The molecule has 142 valence electrons. The summed E-state index contributed by atoms with van der Waals surface area (Å²) in [5.41, 5.74) is 4.46. The van der Waals surface area contributed by atoms with Crippen molar-refractivity contribution in [3.63, 3.8) is 0 Å². The van der Waals surface area contributed by atoms with Gasteiger partial charge in [0.2, 0.25) is 0 Å². The molecule has 0 saturated carbocycles. The highest BCUT2D eigenvalue weighted by Gasteiger charge is 2.30. The Bertz CT molecular complexity index is 768. The van der Waals surface area contributed by atoms with Crippen molar-refractivity contribution in [2.75, 3.05) is 20.3 Å². The van der Waals surface area contributed by atoms with Crippen molar-refractivity contribution in [3.8, 4) is 0 Å². The third-order valence-electron chi connectivity index (χ3n) is 5.20. The average molecular weight is 377 g/mol. The second-order valence-corrected chi connectivity index (χ2v) is 7.69. The number of urea groups is 1. The molecule has 1 aliphatic rings. The predicted molar refractivity (Wildman–Crippen MR) is 104 cm³/mol. The fourth-order valence-electron chi connectivity index (χ4n) is 3.73. The summed E-state index contributed by atoms with van der Waals surface area (Å²) < 4.78 is 7.09. The SMILES string of the molecule is CCC1c2ccsc2CCN1C(=O)NCc1c(C)nn(CCOC)c1C. The standard InChI is InChI=1S/C19H28N4O2S/c1-5-17-15-7-11-26-18(15)6-8-22(17)19(24)20-12-16-13(2)21-23(14(16)3)9-10-25-4/h7,11,17H,5-6,8-10,12H2,1-4H3,(H,20,24). The number of fused-ring (bicyclic) bond motifs is 1. The minimum Gasteiger partial charge on any atom is -0.383 e. The van der Waals surface area contributed by atoms with Crippen LogP contribution in [0.25, 0.3) is 0 Å². The van der Waals surface area contributed by atoms with E-state index in [1.54, 1.807) is 18.4 Å². The van der Waals surface area contributed by atoms with Gasteiger partial charge in [-0.1, -0.05) is 6.92 Å². The molecule has 26 heavy (non-hydrogen) atoms. The van der Waals surface area contributed by atoms with Crippen LogP contribution >= 0.6 is 11.3 Å². The monoisotopic (exact) mass is 376 g/mol. The Balaban J connectivity index is 1.67. The summed E-state index contributed by atoms with van der Waals surface area (Å²) in [6.45, 7) is 8.82. The molecule has 0 bridgehead atoms. The van der Waals surface area contributed by atoms with E-state index in [1.807, 2.05) is 23.4 Å². The van der Waals surface area contributed by atoms with Gasteiger partial charge in [0, 0.05) is 36.3 Å². The molecule has 1 unspecified atom stereocenters. The maximum Gasteiger partial charge on any atom is 0.318 e. The normalized spacial score (nSPS) is 16.6. The van der Waals surface area contributed by atoms with Crippen LogP contribution in [0.4, 0.5) is 4.79 Å². The zero-order valence-electron chi connectivity index (χ0n) is 16.0. The molecule has 1 atom stereocenters. The van der Waals surface area contributed by atoms with Gasteiger partial charge >= 0.3 is 6.03 Å². The Morgan fingerprint density at radius 1 is 1.46 bits per heavy atom. The van der Waals surface area contributed by atoms with Crippen LogP contribution in [0.2, 0.25) is 0 Å². The van der Waals surface area contributed by atoms with Crippen LogP contribution in [0, 0.1) is 13.8 Å². The fourth-order valence-corrected chi connectivity index (χ4v) is 4.66. The molecule has 7 heteroatoms. The van der Waals surface area contributed by atoms with Crippen molar-refractivity contribution in [2.45, 2.75) is 52.7 Å². The number of hydrogen-bond acceptors (Lipinski definition) is 4. The van der Waals surface area contributed by atoms with Crippen molar-refractivity contribution in [1.29, 1.82) is 0 Å². The Morgan fingerprint density at radius 2 is 2.27 bits per heavy atom. The molecule has 6 nitrogen and oxygen atoms in total. The zero-order chi connectivity index (χ0) is 18.7. The number of methoxy groups -OCH3 is 1. The van der Waals surface area contributed by atoms with Gasteiger partial charge in [-0.05, 0) is 43.7 Å². The molecule has 1 N–H and O–H groups in total. The highest BCUT2D eigenvalue weighted by Crippen LogP contribution is 2.35. The third-order valence-corrected chi connectivity index (χ3v) is 6.19. The number of nitrogens with one attached hydrogen (secondary N) is 1. The molecule has 3 rings (SSSR count). The number of hydrogen-bond donors (Lipinski definition) is 1. The first-order chi connectivity index (χ1) is 12.6. The lowest BCUT2D eigenvalue weighted by atomic mass is 9.98. The zero-order valence-corrected chi connectivity index (χ0v) is 16.9. The lowest BCUT2D eigenvalue weighted by Gasteiger charge is -2.35. The van der Waals surface area contributed by atoms with Crippen LogP contribution < -0.4 is 5.32 Å². The van der Waals surface area contributed by atoms with Crippen LogP contribution in [0.3, 0.4) is 0 Å². The van der Waals surface area contributed by atoms with Crippen molar-refractivity contribution in [1.82, 2.24) is 20.0 Å².